The van der Waals surface area contributed by atoms with E-state index in [0.29, 0.717) is 22.2 Å². The molecule has 0 aliphatic carbocycles. The zero-order valence-electron chi connectivity index (χ0n) is 12.4. The number of benzene rings is 2. The van der Waals surface area contributed by atoms with E-state index >= 15 is 0 Å². The van der Waals surface area contributed by atoms with Crippen LogP contribution in [0.3, 0.4) is 0 Å². The van der Waals surface area contributed by atoms with Gasteiger partial charge in [-0.3, -0.25) is 0 Å². The molecule has 9 heteroatoms. The standard InChI is InChI=1S/C15H12F4O3S2/c1-7(2)8-5-3-4-6-9(8)23-14-10(16)12(18)15(24(20,21)22)13(19)11(14)17/h3-7H,1-2H3,(H,20,21,22)/p-1. The van der Waals surface area contributed by atoms with Gasteiger partial charge in [0.25, 0.3) is 0 Å². The van der Waals surface area contributed by atoms with Crippen LogP contribution in [0.2, 0.25) is 0 Å². The van der Waals surface area contributed by atoms with Gasteiger partial charge in [-0.2, -0.15) is 0 Å². The summed E-state index contributed by atoms with van der Waals surface area (Å²) in [5, 5.41) is 0. The van der Waals surface area contributed by atoms with Crippen LogP contribution < -0.4 is 0 Å². The fraction of sp³-hybridized carbons (Fsp3) is 0.200. The lowest BCUT2D eigenvalue weighted by molar-refractivity contribution is 0.381. The summed E-state index contributed by atoms with van der Waals surface area (Å²) in [5.74, 6) is -8.34. The Morgan fingerprint density at radius 1 is 0.958 bits per heavy atom. The van der Waals surface area contributed by atoms with Crippen molar-refractivity contribution in [2.24, 2.45) is 0 Å². The van der Waals surface area contributed by atoms with E-state index in [4.69, 9.17) is 0 Å². The second-order valence-electron chi connectivity index (χ2n) is 5.16. The molecule has 0 atom stereocenters. The van der Waals surface area contributed by atoms with Crippen molar-refractivity contribution in [3.8, 4) is 0 Å². The molecule has 0 saturated heterocycles. The van der Waals surface area contributed by atoms with Crippen LogP contribution in [0.4, 0.5) is 17.6 Å². The lowest BCUT2D eigenvalue weighted by Crippen LogP contribution is -2.11. The quantitative estimate of drug-likeness (QED) is 0.448. The molecule has 0 spiro atoms. The molecule has 24 heavy (non-hydrogen) atoms. The van der Waals surface area contributed by atoms with Crippen LogP contribution in [-0.2, 0) is 10.1 Å². The van der Waals surface area contributed by atoms with E-state index in [9.17, 15) is 30.5 Å². The van der Waals surface area contributed by atoms with Gasteiger partial charge in [0.2, 0.25) is 0 Å². The zero-order chi connectivity index (χ0) is 18.2. The maximum absolute atomic E-state index is 14.0. The van der Waals surface area contributed by atoms with E-state index in [1.165, 1.54) is 6.07 Å². The molecule has 0 amide bonds. The van der Waals surface area contributed by atoms with Crippen LogP contribution in [0.1, 0.15) is 25.3 Å². The van der Waals surface area contributed by atoms with Crippen LogP contribution in [-0.4, -0.2) is 13.0 Å². The second kappa shape index (κ2) is 6.73. The Morgan fingerprint density at radius 3 is 1.92 bits per heavy atom. The summed E-state index contributed by atoms with van der Waals surface area (Å²) in [6.07, 6.45) is 0. The normalized spacial score (nSPS) is 12.0. The molecule has 0 aromatic heterocycles. The van der Waals surface area contributed by atoms with Crippen LogP contribution in [0, 0.1) is 23.3 Å². The van der Waals surface area contributed by atoms with E-state index in [2.05, 4.69) is 0 Å². The molecule has 0 fully saturated rings. The summed E-state index contributed by atoms with van der Waals surface area (Å²) in [5.41, 5.74) is 0.683. The predicted molar refractivity (Wildman–Crippen MR) is 78.9 cm³/mol. The first-order chi connectivity index (χ1) is 11.1. The van der Waals surface area contributed by atoms with Gasteiger partial charge < -0.3 is 4.55 Å². The Labute approximate surface area is 140 Å². The smallest absolute Gasteiger partial charge is 0.180 e. The minimum absolute atomic E-state index is 0.0317. The summed E-state index contributed by atoms with van der Waals surface area (Å²) in [4.78, 5) is -2.86. The molecule has 0 N–H and O–H groups in total. The molecule has 2 rings (SSSR count). The highest BCUT2D eigenvalue weighted by Crippen LogP contribution is 2.39. The van der Waals surface area contributed by atoms with Crippen LogP contribution in [0.25, 0.3) is 0 Å². The molecule has 0 saturated carbocycles. The maximum atomic E-state index is 14.0. The molecule has 0 bridgehead atoms. The average Bonchev–Trinajstić information content (AvgIpc) is 2.48. The van der Waals surface area contributed by atoms with Crippen LogP contribution >= 0.6 is 11.8 Å². The summed E-state index contributed by atoms with van der Waals surface area (Å²) in [7, 11) is -5.71. The first-order valence-corrected chi connectivity index (χ1v) is 8.86. The Bertz CT molecular complexity index is 867. The van der Waals surface area contributed by atoms with Crippen molar-refractivity contribution < 1.29 is 30.5 Å². The molecule has 0 aliphatic heterocycles. The summed E-state index contributed by atoms with van der Waals surface area (Å²) < 4.78 is 88.1. The highest BCUT2D eigenvalue weighted by Gasteiger charge is 2.29. The lowest BCUT2D eigenvalue weighted by atomic mass is 10.0. The van der Waals surface area contributed by atoms with E-state index in [1.807, 2.05) is 13.8 Å². The molecule has 0 aliphatic rings. The highest BCUT2D eigenvalue weighted by atomic mass is 32.2. The monoisotopic (exact) mass is 379 g/mol. The molecule has 2 aromatic rings. The van der Waals surface area contributed by atoms with E-state index in [0.717, 1.165) is 0 Å². The average molecular weight is 379 g/mol. The molecule has 0 radical (unpaired) electrons. The molecular formula is C15H11F4O3S2-. The topological polar surface area (TPSA) is 57.2 Å². The minimum Gasteiger partial charge on any atom is -0.744 e. The van der Waals surface area contributed by atoms with Gasteiger partial charge in [0.1, 0.15) is 15.0 Å². The largest absolute Gasteiger partial charge is 0.744 e. The maximum Gasteiger partial charge on any atom is 0.180 e. The Morgan fingerprint density at radius 2 is 1.46 bits per heavy atom. The molecule has 0 unspecified atom stereocenters. The van der Waals surface area contributed by atoms with Gasteiger partial charge in [0.15, 0.2) is 23.3 Å². The fourth-order valence-corrected chi connectivity index (χ4v) is 3.83. The van der Waals surface area contributed by atoms with Crippen molar-refractivity contribution in [3.05, 3.63) is 53.1 Å². The van der Waals surface area contributed by atoms with Gasteiger partial charge in [0.05, 0.1) is 4.90 Å². The fourth-order valence-electron chi connectivity index (χ4n) is 2.06. The summed E-state index contributed by atoms with van der Waals surface area (Å²) in [6, 6.07) is 6.46. The highest BCUT2D eigenvalue weighted by molar-refractivity contribution is 7.99. The van der Waals surface area contributed by atoms with E-state index in [-0.39, 0.29) is 5.92 Å². The number of halogens is 4. The van der Waals surface area contributed by atoms with E-state index in [1.54, 1.807) is 18.2 Å². The molecular weight excluding hydrogens is 368 g/mol. The Balaban J connectivity index is 2.67. The van der Waals surface area contributed by atoms with Crippen molar-refractivity contribution in [3.63, 3.8) is 0 Å². The second-order valence-corrected chi connectivity index (χ2v) is 7.53. The predicted octanol–water partition coefficient (Wildman–Crippen LogP) is 4.42. The summed E-state index contributed by atoms with van der Waals surface area (Å²) in [6.45, 7) is 3.64. The Hall–Kier alpha value is -1.58. The van der Waals surface area contributed by atoms with Gasteiger partial charge in [-0.1, -0.05) is 43.8 Å². The lowest BCUT2D eigenvalue weighted by Gasteiger charge is -2.16. The number of rotatable bonds is 4. The molecule has 2 aromatic carbocycles. The number of hydrogen-bond donors (Lipinski definition) is 0. The third-order valence-corrected chi connectivity index (χ3v) is 5.20. The van der Waals surface area contributed by atoms with Gasteiger partial charge >= 0.3 is 0 Å². The van der Waals surface area contributed by atoms with E-state index < -0.39 is 43.2 Å². The van der Waals surface area contributed by atoms with Crippen LogP contribution in [0.5, 0.6) is 0 Å². The van der Waals surface area contributed by atoms with Crippen molar-refractivity contribution in [1.29, 1.82) is 0 Å². The van der Waals surface area contributed by atoms with Gasteiger partial charge in [-0.05, 0) is 17.5 Å². The summed E-state index contributed by atoms with van der Waals surface area (Å²) >= 11 is 0.417. The van der Waals surface area contributed by atoms with Gasteiger partial charge in [0, 0.05) is 4.90 Å². The van der Waals surface area contributed by atoms with Crippen LogP contribution in [0.15, 0.2) is 39.0 Å². The molecule has 3 nitrogen and oxygen atoms in total. The van der Waals surface area contributed by atoms with Gasteiger partial charge in [-0.25, -0.2) is 26.0 Å². The first-order valence-electron chi connectivity index (χ1n) is 6.64. The Kier molecular flexibility index (Phi) is 5.26. The number of hydrogen-bond acceptors (Lipinski definition) is 4. The third kappa shape index (κ3) is 3.42. The van der Waals surface area contributed by atoms with Crippen molar-refractivity contribution in [1.82, 2.24) is 0 Å². The SMILES string of the molecule is CC(C)c1ccccc1Sc1c(F)c(F)c(S(=O)(=O)[O-])c(F)c1F. The third-order valence-electron chi connectivity index (χ3n) is 3.19. The first kappa shape index (κ1) is 18.8. The molecule has 0 heterocycles. The van der Waals surface area contributed by atoms with Crippen molar-refractivity contribution in [2.75, 3.05) is 0 Å². The van der Waals surface area contributed by atoms with Gasteiger partial charge in [-0.15, -0.1) is 0 Å². The molecule has 130 valence electrons. The minimum atomic E-state index is -5.71. The zero-order valence-corrected chi connectivity index (χ0v) is 14.1. The van der Waals surface area contributed by atoms with Crippen molar-refractivity contribution >= 4 is 21.9 Å². The van der Waals surface area contributed by atoms with Crippen molar-refractivity contribution in [2.45, 2.75) is 34.5 Å².